The van der Waals surface area contributed by atoms with Crippen LogP contribution < -0.4 is 10.1 Å². The molecule has 1 N–H and O–H groups in total. The quantitative estimate of drug-likeness (QED) is 0.461. The Kier molecular flexibility index (Phi) is 6.26. The van der Waals surface area contributed by atoms with Gasteiger partial charge in [0.2, 0.25) is 5.91 Å². The minimum atomic E-state index is -0.631. The van der Waals surface area contributed by atoms with Gasteiger partial charge in [-0.05, 0) is 31.9 Å². The summed E-state index contributed by atoms with van der Waals surface area (Å²) in [5, 5.41) is 28.2. The van der Waals surface area contributed by atoms with Crippen molar-refractivity contribution in [1.29, 1.82) is 0 Å². The average molecular weight is 493 g/mol. The van der Waals surface area contributed by atoms with E-state index in [4.69, 9.17) is 4.74 Å². The van der Waals surface area contributed by atoms with Gasteiger partial charge in [0, 0.05) is 27.5 Å². The van der Waals surface area contributed by atoms with Gasteiger partial charge in [-0.3, -0.25) is 29.7 Å². The molecule has 0 atom stereocenters. The number of anilines is 1. The van der Waals surface area contributed by atoms with Crippen molar-refractivity contribution in [2.24, 2.45) is 0 Å². The number of nitrogens with one attached hydrogen (secondary N) is 1. The zero-order valence-electron chi connectivity index (χ0n) is 13.1. The first-order valence-corrected chi connectivity index (χ1v) is 8.50. The number of hydrogen-bond donors (Lipinski definition) is 1. The first-order valence-electron chi connectivity index (χ1n) is 6.92. The number of nitro groups is 2. The molecule has 0 spiro atoms. The zero-order valence-corrected chi connectivity index (χ0v) is 16.3. The molecule has 0 saturated carbocycles. The number of rotatable bonds is 7. The lowest BCUT2D eigenvalue weighted by Gasteiger charge is -2.09. The van der Waals surface area contributed by atoms with Gasteiger partial charge in [0.05, 0.1) is 29.2 Å². The van der Waals surface area contributed by atoms with Gasteiger partial charge in [0.25, 0.3) is 5.69 Å². The summed E-state index contributed by atoms with van der Waals surface area (Å²) in [4.78, 5) is 32.6. The van der Waals surface area contributed by atoms with Gasteiger partial charge in [-0.1, -0.05) is 0 Å². The molecule has 13 heteroatoms. The Hall–Kier alpha value is -2.54. The van der Waals surface area contributed by atoms with Crippen LogP contribution in [0.1, 0.15) is 6.42 Å². The van der Waals surface area contributed by atoms with Gasteiger partial charge < -0.3 is 10.1 Å². The Labute approximate surface area is 162 Å². The van der Waals surface area contributed by atoms with Crippen LogP contribution in [0.25, 0.3) is 0 Å². The monoisotopic (exact) mass is 491 g/mol. The highest BCUT2D eigenvalue weighted by molar-refractivity contribution is 9.11. The summed E-state index contributed by atoms with van der Waals surface area (Å²) < 4.78 is 6.72. The van der Waals surface area contributed by atoms with Gasteiger partial charge in [0.1, 0.15) is 6.20 Å². The standard InChI is InChI=1S/C13H11Br2N5O6/c1-26-13-10(20(24)25)6-18(17-13)3-2-11(21)16-12-8(14)4-7(19(22)23)5-9(12)15/h4-6H,2-3H2,1H3,(H,16,21). The number of hydrogen-bond acceptors (Lipinski definition) is 7. The average Bonchev–Trinajstić information content (AvgIpc) is 2.99. The van der Waals surface area contributed by atoms with E-state index in [1.54, 1.807) is 0 Å². The third-order valence-corrected chi connectivity index (χ3v) is 4.42. The third kappa shape index (κ3) is 4.54. The maximum absolute atomic E-state index is 12.1. The van der Waals surface area contributed by atoms with Crippen molar-refractivity contribution in [3.05, 3.63) is 47.5 Å². The Morgan fingerprint density at radius 2 is 1.88 bits per heavy atom. The first kappa shape index (κ1) is 19.8. The number of aryl methyl sites for hydroxylation is 1. The Balaban J connectivity index is 2.06. The molecule has 2 rings (SSSR count). The van der Waals surface area contributed by atoms with Gasteiger partial charge in [-0.25, -0.2) is 0 Å². The maximum atomic E-state index is 12.1. The Bertz CT molecular complexity index is 861. The lowest BCUT2D eigenvalue weighted by atomic mass is 10.2. The molecule has 0 bridgehead atoms. The normalized spacial score (nSPS) is 10.4. The maximum Gasteiger partial charge on any atom is 0.350 e. The molecule has 0 fully saturated rings. The van der Waals surface area contributed by atoms with E-state index in [1.165, 1.54) is 30.1 Å². The van der Waals surface area contributed by atoms with Gasteiger partial charge in [-0.15, -0.1) is 5.10 Å². The second-order valence-electron chi connectivity index (χ2n) is 4.88. The number of carbonyl (C=O) groups excluding carboxylic acids is 1. The van der Waals surface area contributed by atoms with E-state index in [9.17, 15) is 25.0 Å². The minimum absolute atomic E-state index is 0.0299. The fourth-order valence-electron chi connectivity index (χ4n) is 1.98. The third-order valence-electron chi connectivity index (χ3n) is 3.17. The summed E-state index contributed by atoms with van der Waals surface area (Å²) in [6, 6.07) is 2.53. The fraction of sp³-hybridized carbons (Fsp3) is 0.231. The molecule has 1 aromatic carbocycles. The van der Waals surface area contributed by atoms with Crippen LogP contribution in [0, 0.1) is 20.2 Å². The molecular weight excluding hydrogens is 482 g/mol. The summed E-state index contributed by atoms with van der Waals surface area (Å²) in [6.45, 7) is 0.0816. The van der Waals surface area contributed by atoms with Crippen molar-refractivity contribution in [3.8, 4) is 5.88 Å². The van der Waals surface area contributed by atoms with Gasteiger partial charge in [-0.2, -0.15) is 0 Å². The lowest BCUT2D eigenvalue weighted by molar-refractivity contribution is -0.385. The van der Waals surface area contributed by atoms with E-state index < -0.39 is 15.8 Å². The van der Waals surface area contributed by atoms with Crippen LogP contribution >= 0.6 is 31.9 Å². The van der Waals surface area contributed by atoms with Crippen molar-refractivity contribution in [3.63, 3.8) is 0 Å². The molecule has 1 heterocycles. The first-order chi connectivity index (χ1) is 12.2. The number of benzene rings is 1. The summed E-state index contributed by atoms with van der Waals surface area (Å²) in [7, 11) is 1.26. The van der Waals surface area contributed by atoms with Crippen LogP contribution in [0.15, 0.2) is 27.3 Å². The van der Waals surface area contributed by atoms with Crippen LogP contribution in [0.2, 0.25) is 0 Å². The molecule has 11 nitrogen and oxygen atoms in total. The van der Waals surface area contributed by atoms with Gasteiger partial charge in [0.15, 0.2) is 0 Å². The van der Waals surface area contributed by atoms with Crippen molar-refractivity contribution in [1.82, 2.24) is 9.78 Å². The highest BCUT2D eigenvalue weighted by Crippen LogP contribution is 2.35. The SMILES string of the molecule is COc1nn(CCC(=O)Nc2c(Br)cc([N+](=O)[O-])cc2Br)cc1[N+](=O)[O-]. The minimum Gasteiger partial charge on any atom is -0.475 e. The molecule has 0 saturated heterocycles. The van der Waals surface area contributed by atoms with E-state index in [1.807, 2.05) is 0 Å². The van der Waals surface area contributed by atoms with E-state index >= 15 is 0 Å². The molecule has 1 amide bonds. The van der Waals surface area contributed by atoms with E-state index in [2.05, 4.69) is 42.3 Å². The molecule has 1 aromatic heterocycles. The van der Waals surface area contributed by atoms with Crippen LogP contribution in [0.5, 0.6) is 5.88 Å². The number of amides is 1. The molecule has 2 aromatic rings. The smallest absolute Gasteiger partial charge is 0.350 e. The second-order valence-corrected chi connectivity index (χ2v) is 6.59. The van der Waals surface area contributed by atoms with Crippen LogP contribution in [-0.4, -0.2) is 32.6 Å². The highest BCUT2D eigenvalue weighted by atomic mass is 79.9. The van der Waals surface area contributed by atoms with Crippen molar-refractivity contribution in [2.45, 2.75) is 13.0 Å². The number of non-ortho nitro benzene ring substituents is 1. The predicted molar refractivity (Wildman–Crippen MR) is 97.2 cm³/mol. The number of nitrogens with zero attached hydrogens (tertiary/aromatic N) is 4. The molecule has 138 valence electrons. The fourth-order valence-corrected chi connectivity index (χ4v) is 3.34. The topological polar surface area (TPSA) is 142 Å². The number of nitro benzene ring substituents is 1. The number of methoxy groups -OCH3 is 1. The molecule has 0 radical (unpaired) electrons. The molecule has 0 aliphatic rings. The second kappa shape index (κ2) is 8.23. The summed E-state index contributed by atoms with van der Waals surface area (Å²) >= 11 is 6.34. The summed E-state index contributed by atoms with van der Waals surface area (Å²) in [6.07, 6.45) is 1.14. The van der Waals surface area contributed by atoms with Crippen LogP contribution in [0.4, 0.5) is 17.1 Å². The number of aromatic nitrogens is 2. The molecular formula is C13H11Br2N5O6. The molecule has 26 heavy (non-hydrogen) atoms. The van der Waals surface area contributed by atoms with E-state index in [0.29, 0.717) is 14.6 Å². The van der Waals surface area contributed by atoms with Crippen molar-refractivity contribution in [2.75, 3.05) is 12.4 Å². The Morgan fingerprint density at radius 1 is 1.27 bits per heavy atom. The zero-order chi connectivity index (χ0) is 19.4. The number of carbonyl (C=O) groups is 1. The van der Waals surface area contributed by atoms with Gasteiger partial charge >= 0.3 is 11.6 Å². The van der Waals surface area contributed by atoms with Crippen molar-refractivity contribution >= 4 is 54.8 Å². The number of halogens is 2. The molecule has 0 unspecified atom stereocenters. The van der Waals surface area contributed by atoms with Crippen LogP contribution in [-0.2, 0) is 11.3 Å². The van der Waals surface area contributed by atoms with E-state index in [0.717, 1.165) is 0 Å². The summed E-state index contributed by atoms with van der Waals surface area (Å²) in [5.74, 6) is -0.548. The highest BCUT2D eigenvalue weighted by Gasteiger charge is 2.21. The van der Waals surface area contributed by atoms with E-state index in [-0.39, 0.29) is 30.2 Å². The molecule has 0 aliphatic heterocycles. The Morgan fingerprint density at radius 3 is 2.35 bits per heavy atom. The lowest BCUT2D eigenvalue weighted by Crippen LogP contribution is -2.15. The largest absolute Gasteiger partial charge is 0.475 e. The molecule has 0 aliphatic carbocycles. The predicted octanol–water partition coefficient (Wildman–Crippen LogP) is 3.26. The number of ether oxygens (including phenoxy) is 1. The van der Waals surface area contributed by atoms with Crippen LogP contribution in [0.3, 0.4) is 0 Å². The van der Waals surface area contributed by atoms with Crippen molar-refractivity contribution < 1.29 is 19.4 Å². The summed E-state index contributed by atoms with van der Waals surface area (Å²) in [5.41, 5.74) is -0.101.